The first-order valence-electron chi connectivity index (χ1n) is 10.4. The maximum Gasteiger partial charge on any atom is 0.328 e. The summed E-state index contributed by atoms with van der Waals surface area (Å²) in [5.41, 5.74) is 6.59. The summed E-state index contributed by atoms with van der Waals surface area (Å²) < 4.78 is 0. The van der Waals surface area contributed by atoms with Crippen LogP contribution in [0.25, 0.3) is 0 Å². The van der Waals surface area contributed by atoms with Crippen LogP contribution in [-0.4, -0.2) is 93.0 Å². The molecule has 0 fully saturated rings. The lowest BCUT2D eigenvalue weighted by molar-refractivity contribution is -0.143. The minimum Gasteiger partial charge on any atom is -0.508 e. The molecule has 0 aliphatic carbocycles. The van der Waals surface area contributed by atoms with Crippen molar-refractivity contribution < 1.29 is 39.6 Å². The quantitative estimate of drug-likeness (QED) is 0.140. The first-order chi connectivity index (χ1) is 16.0. The molecule has 0 radical (unpaired) electrons. The van der Waals surface area contributed by atoms with E-state index in [9.17, 15) is 29.4 Å². The van der Waals surface area contributed by atoms with E-state index < -0.39 is 60.6 Å². The van der Waals surface area contributed by atoms with Crippen molar-refractivity contribution in [2.45, 2.75) is 50.0 Å². The number of rotatable bonds is 14. The molecule has 0 bridgehead atoms. The minimum atomic E-state index is -1.55. The van der Waals surface area contributed by atoms with Crippen molar-refractivity contribution in [2.24, 2.45) is 5.73 Å². The van der Waals surface area contributed by atoms with Crippen molar-refractivity contribution in [1.82, 2.24) is 16.0 Å². The van der Waals surface area contributed by atoms with E-state index in [0.717, 1.165) is 0 Å². The van der Waals surface area contributed by atoms with Gasteiger partial charge in [0.05, 0.1) is 18.8 Å². The zero-order valence-electron chi connectivity index (χ0n) is 18.9. The minimum absolute atomic E-state index is 0.0568. The maximum absolute atomic E-state index is 12.8. The maximum atomic E-state index is 12.8. The Kier molecular flexibility index (Phi) is 12.4. The van der Waals surface area contributed by atoms with Crippen LogP contribution in [0.5, 0.6) is 5.75 Å². The zero-order valence-corrected chi connectivity index (χ0v) is 19.7. The molecule has 1 aromatic carbocycles. The van der Waals surface area contributed by atoms with E-state index in [-0.39, 0.29) is 18.6 Å². The largest absolute Gasteiger partial charge is 0.508 e. The SMILES string of the molecule is CSCCC(NC(=O)C(NC(=O)C(N)Cc1ccc(O)cc1)C(C)O)C(=O)NC(CO)C(=O)O. The molecule has 5 atom stereocenters. The smallest absolute Gasteiger partial charge is 0.328 e. The lowest BCUT2D eigenvalue weighted by Crippen LogP contribution is -2.60. The lowest BCUT2D eigenvalue weighted by Gasteiger charge is -2.26. The number of benzene rings is 1. The van der Waals surface area contributed by atoms with E-state index in [0.29, 0.717) is 11.3 Å². The molecule has 0 spiro atoms. The summed E-state index contributed by atoms with van der Waals surface area (Å²) in [6, 6.07) is 0.851. The van der Waals surface area contributed by atoms with Gasteiger partial charge in [0.1, 0.15) is 23.9 Å². The third-order valence-corrected chi connectivity index (χ3v) is 5.48. The summed E-state index contributed by atoms with van der Waals surface area (Å²) in [6.45, 7) is 0.439. The van der Waals surface area contributed by atoms with Gasteiger partial charge >= 0.3 is 5.97 Å². The Balaban J connectivity index is 2.87. The van der Waals surface area contributed by atoms with Gasteiger partial charge in [-0.2, -0.15) is 11.8 Å². The number of amides is 3. The highest BCUT2D eigenvalue weighted by Gasteiger charge is 2.32. The Labute approximate surface area is 201 Å². The number of carbonyl (C=O) groups is 4. The van der Waals surface area contributed by atoms with Crippen LogP contribution in [0.1, 0.15) is 18.9 Å². The Bertz CT molecular complexity index is 837. The number of phenols is 1. The number of aromatic hydroxyl groups is 1. The highest BCUT2D eigenvalue weighted by atomic mass is 32.2. The first-order valence-corrected chi connectivity index (χ1v) is 11.8. The Morgan fingerprint density at radius 2 is 1.59 bits per heavy atom. The Morgan fingerprint density at radius 1 is 1.00 bits per heavy atom. The molecule has 0 heterocycles. The standard InChI is InChI=1S/C21H32N4O8S/c1-11(27)17(25-18(29)14(22)9-12-3-5-13(28)6-4-12)20(31)23-15(7-8-34-2)19(30)24-16(10-26)21(32)33/h3-6,11,14-17,26-28H,7-10,22H2,1-2H3,(H,23,31)(H,24,30)(H,25,29)(H,32,33). The Hall–Kier alpha value is -2.87. The van der Waals surface area contributed by atoms with Gasteiger partial charge in [0.25, 0.3) is 0 Å². The average molecular weight is 501 g/mol. The molecule has 9 N–H and O–H groups in total. The molecule has 1 aromatic rings. The van der Waals surface area contributed by atoms with Crippen molar-refractivity contribution in [3.8, 4) is 5.75 Å². The second-order valence-electron chi connectivity index (χ2n) is 7.63. The van der Waals surface area contributed by atoms with E-state index in [1.807, 2.05) is 0 Å². The van der Waals surface area contributed by atoms with E-state index >= 15 is 0 Å². The van der Waals surface area contributed by atoms with Gasteiger partial charge in [-0.05, 0) is 49.5 Å². The van der Waals surface area contributed by atoms with Crippen LogP contribution >= 0.6 is 11.8 Å². The molecule has 190 valence electrons. The molecule has 1 rings (SSSR count). The fourth-order valence-corrected chi connectivity index (χ4v) is 3.34. The summed E-state index contributed by atoms with van der Waals surface area (Å²) in [5, 5.41) is 44.5. The number of aliphatic hydroxyl groups excluding tert-OH is 2. The van der Waals surface area contributed by atoms with Crippen LogP contribution in [0.2, 0.25) is 0 Å². The first kappa shape index (κ1) is 29.2. The number of nitrogens with one attached hydrogen (secondary N) is 3. The van der Waals surface area contributed by atoms with Crippen molar-refractivity contribution >= 4 is 35.5 Å². The predicted octanol–water partition coefficient (Wildman–Crippen LogP) is -2.07. The molecular weight excluding hydrogens is 468 g/mol. The monoisotopic (exact) mass is 500 g/mol. The summed E-state index contributed by atoms with van der Waals surface area (Å²) in [6.07, 6.45) is 0.686. The average Bonchev–Trinajstić information content (AvgIpc) is 2.78. The van der Waals surface area contributed by atoms with Crippen molar-refractivity contribution in [3.63, 3.8) is 0 Å². The lowest BCUT2D eigenvalue weighted by atomic mass is 10.0. The van der Waals surface area contributed by atoms with Crippen LogP contribution in [0.3, 0.4) is 0 Å². The van der Waals surface area contributed by atoms with Gasteiger partial charge in [0, 0.05) is 0 Å². The summed E-state index contributed by atoms with van der Waals surface area (Å²) >= 11 is 1.39. The fraction of sp³-hybridized carbons (Fsp3) is 0.524. The van der Waals surface area contributed by atoms with Crippen LogP contribution in [-0.2, 0) is 25.6 Å². The highest BCUT2D eigenvalue weighted by Crippen LogP contribution is 2.11. The van der Waals surface area contributed by atoms with Crippen LogP contribution in [0.15, 0.2) is 24.3 Å². The van der Waals surface area contributed by atoms with Crippen LogP contribution in [0, 0.1) is 0 Å². The number of nitrogens with two attached hydrogens (primary N) is 1. The number of carboxylic acid groups (broad SMARTS) is 1. The number of aliphatic carboxylic acids is 1. The van der Waals surface area contributed by atoms with Gasteiger partial charge in [-0.1, -0.05) is 12.1 Å². The number of phenolic OH excluding ortho intramolecular Hbond substituents is 1. The van der Waals surface area contributed by atoms with Gasteiger partial charge in [0.2, 0.25) is 17.7 Å². The normalized spacial score (nSPS) is 15.3. The van der Waals surface area contributed by atoms with Gasteiger partial charge in [0.15, 0.2) is 0 Å². The third-order valence-electron chi connectivity index (χ3n) is 4.83. The number of carboxylic acids is 1. The number of aliphatic hydroxyl groups is 2. The predicted molar refractivity (Wildman–Crippen MR) is 125 cm³/mol. The van der Waals surface area contributed by atoms with E-state index in [2.05, 4.69) is 16.0 Å². The molecule has 0 saturated heterocycles. The van der Waals surface area contributed by atoms with Gasteiger partial charge < -0.3 is 42.1 Å². The van der Waals surface area contributed by atoms with E-state index in [1.54, 1.807) is 18.4 Å². The summed E-state index contributed by atoms with van der Waals surface area (Å²) in [4.78, 5) is 48.9. The second kappa shape index (κ2) is 14.4. The zero-order chi connectivity index (χ0) is 25.8. The van der Waals surface area contributed by atoms with E-state index in [4.69, 9.17) is 15.9 Å². The number of hydrogen-bond acceptors (Lipinski definition) is 9. The van der Waals surface area contributed by atoms with Crippen molar-refractivity contribution in [3.05, 3.63) is 29.8 Å². The topological polar surface area (TPSA) is 211 Å². The summed E-state index contributed by atoms with van der Waals surface area (Å²) in [5.74, 6) is -3.35. The number of carbonyl (C=O) groups excluding carboxylic acids is 3. The number of thioether (sulfide) groups is 1. The molecule has 12 nitrogen and oxygen atoms in total. The van der Waals surface area contributed by atoms with Crippen molar-refractivity contribution in [2.75, 3.05) is 18.6 Å². The Morgan fingerprint density at radius 3 is 2.09 bits per heavy atom. The van der Waals surface area contributed by atoms with Crippen molar-refractivity contribution in [1.29, 1.82) is 0 Å². The fourth-order valence-electron chi connectivity index (χ4n) is 2.87. The van der Waals surface area contributed by atoms with Gasteiger partial charge in [-0.25, -0.2) is 4.79 Å². The molecule has 3 amide bonds. The van der Waals surface area contributed by atoms with Gasteiger partial charge in [-0.3, -0.25) is 14.4 Å². The second-order valence-corrected chi connectivity index (χ2v) is 8.61. The summed E-state index contributed by atoms with van der Waals surface area (Å²) in [7, 11) is 0. The molecule has 0 aromatic heterocycles. The van der Waals surface area contributed by atoms with Crippen LogP contribution in [0.4, 0.5) is 0 Å². The third kappa shape index (κ3) is 9.55. The van der Waals surface area contributed by atoms with Crippen LogP contribution < -0.4 is 21.7 Å². The molecule has 34 heavy (non-hydrogen) atoms. The molecule has 13 heteroatoms. The molecule has 0 aliphatic rings. The highest BCUT2D eigenvalue weighted by molar-refractivity contribution is 7.98. The number of hydrogen-bond donors (Lipinski definition) is 8. The molecule has 5 unspecified atom stereocenters. The molecular formula is C21H32N4O8S. The van der Waals surface area contributed by atoms with E-state index in [1.165, 1.54) is 30.8 Å². The van der Waals surface area contributed by atoms with Gasteiger partial charge in [-0.15, -0.1) is 0 Å². The molecule has 0 saturated carbocycles. The molecule has 0 aliphatic heterocycles.